The van der Waals surface area contributed by atoms with Gasteiger partial charge in [-0.3, -0.25) is 9.59 Å². The Morgan fingerprint density at radius 2 is 1.78 bits per heavy atom. The first-order chi connectivity index (χ1) is 17.6. The molecule has 0 aromatic heterocycles. The van der Waals surface area contributed by atoms with E-state index in [1.807, 2.05) is 11.4 Å². The largest absolute Gasteiger partial charge is 0.490 e. The number of para-hydroxylation sites is 1. The first-order valence-corrected chi connectivity index (χ1v) is 11.7. The molecule has 0 aliphatic carbocycles. The molecule has 2 heterocycles. The summed E-state index contributed by atoms with van der Waals surface area (Å²) >= 11 is 0. The van der Waals surface area contributed by atoms with Crippen molar-refractivity contribution in [2.45, 2.75) is 43.7 Å². The van der Waals surface area contributed by atoms with Gasteiger partial charge in [-0.2, -0.15) is 13.2 Å². The molecule has 9 nitrogen and oxygen atoms in total. The topological polar surface area (TPSA) is 109 Å². The Morgan fingerprint density at radius 1 is 1.05 bits per heavy atom. The number of fused-ring (bicyclic) bond motifs is 2. The van der Waals surface area contributed by atoms with Crippen LogP contribution in [0.1, 0.15) is 29.6 Å². The highest BCUT2D eigenvalue weighted by molar-refractivity contribution is 6.02. The molecule has 37 heavy (non-hydrogen) atoms. The number of hydrogen-bond donors (Lipinski definition) is 3. The van der Waals surface area contributed by atoms with E-state index in [-0.39, 0.29) is 30.5 Å². The summed E-state index contributed by atoms with van der Waals surface area (Å²) in [6, 6.07) is 12.8. The molecule has 198 valence electrons. The Morgan fingerprint density at radius 3 is 2.51 bits per heavy atom. The molecule has 0 radical (unpaired) electrons. The van der Waals surface area contributed by atoms with Crippen molar-refractivity contribution in [1.82, 2.24) is 10.2 Å². The van der Waals surface area contributed by atoms with E-state index >= 15 is 0 Å². The summed E-state index contributed by atoms with van der Waals surface area (Å²) in [6.07, 6.45) is -4.97. The number of hydrogen-bond acceptors (Lipinski definition) is 5. The highest BCUT2D eigenvalue weighted by atomic mass is 19.4. The molecule has 4 rings (SSSR count). The average Bonchev–Trinajstić information content (AvgIpc) is 2.85. The van der Waals surface area contributed by atoms with Crippen LogP contribution >= 0.6 is 0 Å². The first kappa shape index (κ1) is 26.3. The molecule has 3 N–H and O–H groups in total. The number of carbonyl (C=O) groups is 3. The first-order valence-electron chi connectivity index (χ1n) is 11.7. The van der Waals surface area contributed by atoms with Crippen LogP contribution < -0.4 is 20.7 Å². The summed E-state index contributed by atoms with van der Waals surface area (Å²) in [5, 5.41) is 7.26. The van der Waals surface area contributed by atoms with Gasteiger partial charge in [0, 0.05) is 18.4 Å². The Labute approximate surface area is 211 Å². The van der Waals surface area contributed by atoms with Gasteiger partial charge in [-0.15, -0.1) is 0 Å². The van der Waals surface area contributed by atoms with Crippen molar-refractivity contribution in [3.63, 3.8) is 0 Å². The SMILES string of the molecule is CN1C(=O)c2cc(NC(=O)Nc3ccccc3)ccc2OC[C@H]2O[C@@H](CC(=O)NCC(F)(F)F)CC[C@@H]21. The van der Waals surface area contributed by atoms with Crippen molar-refractivity contribution in [1.29, 1.82) is 0 Å². The number of carbonyl (C=O) groups excluding carboxylic acids is 3. The lowest BCUT2D eigenvalue weighted by Crippen LogP contribution is -2.54. The number of anilines is 2. The van der Waals surface area contributed by atoms with Crippen LogP contribution in [-0.4, -0.2) is 67.4 Å². The molecule has 2 aliphatic rings. The van der Waals surface area contributed by atoms with Gasteiger partial charge in [-0.05, 0) is 43.2 Å². The van der Waals surface area contributed by atoms with Crippen molar-refractivity contribution < 1.29 is 37.0 Å². The third kappa shape index (κ3) is 6.91. The fraction of sp³-hybridized carbons (Fsp3) is 0.400. The second kappa shape index (κ2) is 11.1. The molecule has 2 aromatic carbocycles. The van der Waals surface area contributed by atoms with Gasteiger partial charge in [0.25, 0.3) is 5.91 Å². The van der Waals surface area contributed by atoms with Crippen molar-refractivity contribution >= 4 is 29.2 Å². The molecule has 2 aromatic rings. The van der Waals surface area contributed by atoms with E-state index in [0.29, 0.717) is 30.0 Å². The van der Waals surface area contributed by atoms with Gasteiger partial charge in [0.2, 0.25) is 5.91 Å². The second-order valence-corrected chi connectivity index (χ2v) is 8.92. The average molecular weight is 521 g/mol. The summed E-state index contributed by atoms with van der Waals surface area (Å²) in [5.41, 5.74) is 1.29. The van der Waals surface area contributed by atoms with Gasteiger partial charge in [-0.1, -0.05) is 18.2 Å². The number of benzene rings is 2. The lowest BCUT2D eigenvalue weighted by atomic mass is 9.94. The predicted molar refractivity (Wildman–Crippen MR) is 128 cm³/mol. The van der Waals surface area contributed by atoms with Crippen molar-refractivity contribution in [3.8, 4) is 5.75 Å². The van der Waals surface area contributed by atoms with E-state index in [1.165, 1.54) is 6.07 Å². The van der Waals surface area contributed by atoms with Crippen molar-refractivity contribution in [2.75, 3.05) is 30.8 Å². The van der Waals surface area contributed by atoms with Gasteiger partial charge in [0.1, 0.15) is 25.0 Å². The Bertz CT molecular complexity index is 1140. The van der Waals surface area contributed by atoms with E-state index in [4.69, 9.17) is 9.47 Å². The molecule has 0 spiro atoms. The van der Waals surface area contributed by atoms with E-state index < -0.39 is 36.9 Å². The van der Waals surface area contributed by atoms with Crippen molar-refractivity contribution in [2.24, 2.45) is 0 Å². The molecule has 0 saturated carbocycles. The molecule has 4 amide bonds. The molecular weight excluding hydrogens is 493 g/mol. The maximum Gasteiger partial charge on any atom is 0.405 e. The van der Waals surface area contributed by atoms with Gasteiger partial charge >= 0.3 is 12.2 Å². The van der Waals surface area contributed by atoms with Crippen molar-refractivity contribution in [3.05, 3.63) is 54.1 Å². The zero-order valence-corrected chi connectivity index (χ0v) is 20.0. The van der Waals surface area contributed by atoms with Gasteiger partial charge in [-0.25, -0.2) is 4.79 Å². The summed E-state index contributed by atoms with van der Waals surface area (Å²) < 4.78 is 48.9. The second-order valence-electron chi connectivity index (χ2n) is 8.92. The van der Waals surface area contributed by atoms with Crippen LogP contribution in [0.15, 0.2) is 48.5 Å². The minimum absolute atomic E-state index is 0.0806. The number of nitrogens with zero attached hydrogens (tertiary/aromatic N) is 1. The molecule has 1 fully saturated rings. The lowest BCUT2D eigenvalue weighted by molar-refractivity contribution is -0.144. The van der Waals surface area contributed by atoms with Gasteiger partial charge < -0.3 is 30.3 Å². The number of alkyl halides is 3. The normalized spacial score (nSPS) is 21.5. The van der Waals surface area contributed by atoms with Crippen LogP contribution in [0, 0.1) is 0 Å². The molecule has 1 saturated heterocycles. The standard InChI is InChI=1S/C25H27F3N4O5/c1-32-19-9-8-17(12-22(33)29-14-25(26,27)28)37-21(19)13-36-20-10-7-16(11-18(20)23(32)34)31-24(35)30-15-5-3-2-4-6-15/h2-7,10-11,17,19,21H,8-9,12-14H2,1H3,(H,29,33)(H2,30,31,35)/t17-,19+,21-/m1/s1. The molecule has 2 aliphatic heterocycles. The lowest BCUT2D eigenvalue weighted by Gasteiger charge is -2.42. The van der Waals surface area contributed by atoms with E-state index in [2.05, 4.69) is 10.6 Å². The van der Waals surface area contributed by atoms with Crippen LogP contribution in [0.2, 0.25) is 0 Å². The monoisotopic (exact) mass is 520 g/mol. The molecule has 0 unspecified atom stereocenters. The third-order valence-electron chi connectivity index (χ3n) is 6.20. The Kier molecular flexibility index (Phi) is 7.86. The minimum Gasteiger partial charge on any atom is -0.490 e. The zero-order chi connectivity index (χ0) is 26.6. The number of rotatable bonds is 5. The quantitative estimate of drug-likeness (QED) is 0.556. The third-order valence-corrected chi connectivity index (χ3v) is 6.20. The van der Waals surface area contributed by atoms with E-state index in [1.54, 1.807) is 48.3 Å². The van der Waals surface area contributed by atoms with Gasteiger partial charge in [0.05, 0.1) is 24.1 Å². The minimum atomic E-state index is -4.49. The van der Waals surface area contributed by atoms with Crippen LogP contribution in [0.4, 0.5) is 29.3 Å². The molecular formula is C25H27F3N4O5. The maximum atomic E-state index is 13.3. The van der Waals surface area contributed by atoms with Gasteiger partial charge in [0.15, 0.2) is 0 Å². The molecule has 12 heteroatoms. The highest BCUT2D eigenvalue weighted by Gasteiger charge is 2.39. The zero-order valence-electron chi connectivity index (χ0n) is 20.0. The smallest absolute Gasteiger partial charge is 0.405 e. The van der Waals surface area contributed by atoms with Crippen LogP contribution in [0.3, 0.4) is 0 Å². The summed E-state index contributed by atoms with van der Waals surface area (Å²) in [4.78, 5) is 39.1. The summed E-state index contributed by atoms with van der Waals surface area (Å²) in [7, 11) is 1.64. The summed E-state index contributed by atoms with van der Waals surface area (Å²) in [6.45, 7) is -1.32. The Balaban J connectivity index is 1.40. The predicted octanol–water partition coefficient (Wildman–Crippen LogP) is 3.78. The van der Waals surface area contributed by atoms with Crippen LogP contribution in [0.5, 0.6) is 5.75 Å². The highest BCUT2D eigenvalue weighted by Crippen LogP contribution is 2.32. The molecule has 3 atom stereocenters. The summed E-state index contributed by atoms with van der Waals surface area (Å²) in [5.74, 6) is -0.779. The van der Waals surface area contributed by atoms with E-state index in [9.17, 15) is 27.6 Å². The fourth-order valence-electron chi connectivity index (χ4n) is 4.40. The number of likely N-dealkylation sites (N-methyl/N-ethyl adjacent to an activating group) is 1. The van der Waals surface area contributed by atoms with Crippen LogP contribution in [0.25, 0.3) is 0 Å². The molecule has 0 bridgehead atoms. The van der Waals surface area contributed by atoms with E-state index in [0.717, 1.165) is 0 Å². The Hall–Kier alpha value is -3.80. The number of nitrogens with one attached hydrogen (secondary N) is 3. The number of urea groups is 1. The number of halogens is 3. The van der Waals surface area contributed by atoms with Crippen LogP contribution in [-0.2, 0) is 9.53 Å². The number of ether oxygens (including phenoxy) is 2. The number of amides is 4. The fourth-order valence-corrected chi connectivity index (χ4v) is 4.40. The maximum absolute atomic E-state index is 13.3.